The number of aromatic nitrogens is 1. The molecule has 1 aliphatic heterocycles. The Balaban J connectivity index is 2.40. The monoisotopic (exact) mass is 163 g/mol. The van der Waals surface area contributed by atoms with E-state index in [0.717, 1.165) is 5.56 Å². The molecule has 0 bridgehead atoms. The first kappa shape index (κ1) is 7.24. The van der Waals surface area contributed by atoms with E-state index < -0.39 is 6.04 Å². The van der Waals surface area contributed by atoms with Crippen molar-refractivity contribution in [3.05, 3.63) is 23.9 Å². The second kappa shape index (κ2) is 2.57. The zero-order chi connectivity index (χ0) is 8.55. The van der Waals surface area contributed by atoms with Gasteiger partial charge in [0.05, 0.1) is 6.04 Å². The SMILES string of the molecule is NC1Cc2cccnc2NC1=O. The lowest BCUT2D eigenvalue weighted by Crippen LogP contribution is -2.41. The number of nitrogens with one attached hydrogen (secondary N) is 1. The molecule has 1 aromatic heterocycles. The molecule has 1 aromatic rings. The molecule has 2 rings (SSSR count). The summed E-state index contributed by atoms with van der Waals surface area (Å²) in [5.41, 5.74) is 6.56. The molecule has 0 spiro atoms. The van der Waals surface area contributed by atoms with E-state index in [2.05, 4.69) is 10.3 Å². The Bertz CT molecular complexity index is 324. The van der Waals surface area contributed by atoms with Crippen LogP contribution in [-0.2, 0) is 11.2 Å². The normalized spacial score (nSPS) is 21.4. The van der Waals surface area contributed by atoms with Crippen LogP contribution in [0.15, 0.2) is 18.3 Å². The van der Waals surface area contributed by atoms with E-state index in [9.17, 15) is 4.79 Å². The van der Waals surface area contributed by atoms with E-state index in [1.807, 2.05) is 12.1 Å². The molecule has 1 aliphatic rings. The highest BCUT2D eigenvalue weighted by Gasteiger charge is 2.22. The van der Waals surface area contributed by atoms with Gasteiger partial charge < -0.3 is 11.1 Å². The Morgan fingerprint density at radius 3 is 3.33 bits per heavy atom. The Kier molecular flexibility index (Phi) is 1.55. The van der Waals surface area contributed by atoms with Crippen molar-refractivity contribution in [1.29, 1.82) is 0 Å². The number of nitrogens with zero attached hydrogens (tertiary/aromatic N) is 1. The van der Waals surface area contributed by atoms with E-state index in [-0.39, 0.29) is 5.91 Å². The molecule has 0 radical (unpaired) electrons. The fourth-order valence-electron chi connectivity index (χ4n) is 1.25. The maximum absolute atomic E-state index is 11.1. The van der Waals surface area contributed by atoms with Crippen molar-refractivity contribution in [2.45, 2.75) is 12.5 Å². The van der Waals surface area contributed by atoms with E-state index in [1.165, 1.54) is 0 Å². The number of hydrogen-bond donors (Lipinski definition) is 2. The molecule has 3 N–H and O–H groups in total. The number of carbonyl (C=O) groups excluding carboxylic acids is 1. The Labute approximate surface area is 69.8 Å². The summed E-state index contributed by atoms with van der Waals surface area (Å²) in [6.07, 6.45) is 2.23. The average Bonchev–Trinajstić information content (AvgIpc) is 2.07. The van der Waals surface area contributed by atoms with Gasteiger partial charge >= 0.3 is 0 Å². The maximum Gasteiger partial charge on any atom is 0.242 e. The predicted octanol–water partition coefficient (Wildman–Crippen LogP) is -0.0965. The number of fused-ring (bicyclic) bond motifs is 1. The number of anilines is 1. The van der Waals surface area contributed by atoms with E-state index in [4.69, 9.17) is 5.73 Å². The summed E-state index contributed by atoms with van der Waals surface area (Å²) in [5, 5.41) is 2.63. The summed E-state index contributed by atoms with van der Waals surface area (Å²) < 4.78 is 0. The van der Waals surface area contributed by atoms with E-state index in [0.29, 0.717) is 12.2 Å². The summed E-state index contributed by atoms with van der Waals surface area (Å²) in [6.45, 7) is 0. The standard InChI is InChI=1S/C8H9N3O/c9-6-4-5-2-1-3-10-7(5)11-8(6)12/h1-3,6H,4,9H2,(H,10,11,12). The molecule has 0 aliphatic carbocycles. The summed E-state index contributed by atoms with van der Waals surface area (Å²) in [5.74, 6) is 0.491. The van der Waals surface area contributed by atoms with Crippen LogP contribution in [0.3, 0.4) is 0 Å². The van der Waals surface area contributed by atoms with Crippen LogP contribution in [0.2, 0.25) is 0 Å². The van der Waals surface area contributed by atoms with Crippen molar-refractivity contribution in [2.75, 3.05) is 5.32 Å². The second-order valence-corrected chi connectivity index (χ2v) is 2.81. The third kappa shape index (κ3) is 1.06. The van der Waals surface area contributed by atoms with Crippen molar-refractivity contribution < 1.29 is 4.79 Å². The smallest absolute Gasteiger partial charge is 0.242 e. The molecule has 4 nitrogen and oxygen atoms in total. The van der Waals surface area contributed by atoms with Crippen molar-refractivity contribution in [2.24, 2.45) is 5.73 Å². The van der Waals surface area contributed by atoms with Crippen LogP contribution in [0.5, 0.6) is 0 Å². The number of carbonyl (C=O) groups is 1. The molecule has 1 atom stereocenters. The molecule has 4 heteroatoms. The van der Waals surface area contributed by atoms with Crippen LogP contribution >= 0.6 is 0 Å². The van der Waals surface area contributed by atoms with Gasteiger partial charge in [0.25, 0.3) is 0 Å². The molecule has 0 saturated carbocycles. The van der Waals surface area contributed by atoms with Gasteiger partial charge in [0.15, 0.2) is 0 Å². The fourth-order valence-corrected chi connectivity index (χ4v) is 1.25. The van der Waals surface area contributed by atoms with Gasteiger partial charge in [-0.3, -0.25) is 4.79 Å². The first-order chi connectivity index (χ1) is 5.77. The van der Waals surface area contributed by atoms with Gasteiger partial charge in [-0.05, 0) is 11.6 Å². The first-order valence-corrected chi connectivity index (χ1v) is 3.78. The lowest BCUT2D eigenvalue weighted by atomic mass is 10.0. The van der Waals surface area contributed by atoms with Crippen molar-refractivity contribution >= 4 is 11.7 Å². The molecule has 1 amide bonds. The highest BCUT2D eigenvalue weighted by Crippen LogP contribution is 2.17. The molecular formula is C8H9N3O. The Morgan fingerprint density at radius 2 is 2.50 bits per heavy atom. The minimum atomic E-state index is -0.429. The third-order valence-corrected chi connectivity index (χ3v) is 1.91. The number of pyridine rings is 1. The lowest BCUT2D eigenvalue weighted by Gasteiger charge is -2.19. The van der Waals surface area contributed by atoms with Crippen LogP contribution < -0.4 is 11.1 Å². The van der Waals surface area contributed by atoms with Crippen LogP contribution in [-0.4, -0.2) is 16.9 Å². The molecule has 0 fully saturated rings. The average molecular weight is 163 g/mol. The highest BCUT2D eigenvalue weighted by atomic mass is 16.2. The van der Waals surface area contributed by atoms with E-state index >= 15 is 0 Å². The molecule has 0 saturated heterocycles. The lowest BCUT2D eigenvalue weighted by molar-refractivity contribution is -0.117. The fraction of sp³-hybridized carbons (Fsp3) is 0.250. The summed E-state index contributed by atoms with van der Waals surface area (Å²) in [7, 11) is 0. The summed E-state index contributed by atoms with van der Waals surface area (Å²) in [6, 6.07) is 3.33. The molecule has 12 heavy (non-hydrogen) atoms. The molecule has 2 heterocycles. The van der Waals surface area contributed by atoms with Gasteiger partial charge in [-0.2, -0.15) is 0 Å². The molecular weight excluding hydrogens is 154 g/mol. The Morgan fingerprint density at radius 1 is 1.67 bits per heavy atom. The van der Waals surface area contributed by atoms with Gasteiger partial charge in [0, 0.05) is 12.6 Å². The molecule has 0 aromatic carbocycles. The summed E-state index contributed by atoms with van der Waals surface area (Å²) >= 11 is 0. The largest absolute Gasteiger partial charge is 0.320 e. The zero-order valence-electron chi connectivity index (χ0n) is 6.45. The predicted molar refractivity (Wildman–Crippen MR) is 44.5 cm³/mol. The maximum atomic E-state index is 11.1. The second-order valence-electron chi connectivity index (χ2n) is 2.81. The quantitative estimate of drug-likeness (QED) is 0.561. The van der Waals surface area contributed by atoms with Gasteiger partial charge in [0.2, 0.25) is 5.91 Å². The van der Waals surface area contributed by atoms with Crippen molar-refractivity contribution in [3.8, 4) is 0 Å². The topological polar surface area (TPSA) is 68.0 Å². The van der Waals surface area contributed by atoms with Crippen LogP contribution in [0, 0.1) is 0 Å². The highest BCUT2D eigenvalue weighted by molar-refractivity contribution is 5.96. The van der Waals surface area contributed by atoms with Crippen molar-refractivity contribution in [3.63, 3.8) is 0 Å². The molecule has 62 valence electrons. The Hall–Kier alpha value is -1.42. The van der Waals surface area contributed by atoms with Gasteiger partial charge in [-0.25, -0.2) is 4.98 Å². The van der Waals surface area contributed by atoms with Crippen LogP contribution in [0.4, 0.5) is 5.82 Å². The van der Waals surface area contributed by atoms with Gasteiger partial charge in [-0.15, -0.1) is 0 Å². The zero-order valence-corrected chi connectivity index (χ0v) is 6.45. The van der Waals surface area contributed by atoms with Gasteiger partial charge in [0.1, 0.15) is 5.82 Å². The van der Waals surface area contributed by atoms with Crippen molar-refractivity contribution in [1.82, 2.24) is 4.98 Å². The number of nitrogens with two attached hydrogens (primary N) is 1. The van der Waals surface area contributed by atoms with E-state index in [1.54, 1.807) is 6.20 Å². The molecule has 1 unspecified atom stereocenters. The minimum absolute atomic E-state index is 0.152. The number of rotatable bonds is 0. The van der Waals surface area contributed by atoms with Crippen LogP contribution in [0.25, 0.3) is 0 Å². The summed E-state index contributed by atoms with van der Waals surface area (Å²) in [4.78, 5) is 15.1. The first-order valence-electron chi connectivity index (χ1n) is 3.78. The number of hydrogen-bond acceptors (Lipinski definition) is 3. The van der Waals surface area contributed by atoms with Crippen LogP contribution in [0.1, 0.15) is 5.56 Å². The third-order valence-electron chi connectivity index (χ3n) is 1.91. The van der Waals surface area contributed by atoms with Gasteiger partial charge in [-0.1, -0.05) is 6.07 Å². The number of amides is 1. The minimum Gasteiger partial charge on any atom is -0.320 e.